The maximum Gasteiger partial charge on any atom is 0.240 e. The number of hydrogen-bond acceptors (Lipinski definition) is 4. The lowest BCUT2D eigenvalue weighted by atomic mass is 10.3. The van der Waals surface area contributed by atoms with Crippen molar-refractivity contribution in [1.29, 1.82) is 0 Å². The Morgan fingerprint density at radius 2 is 1.74 bits per heavy atom. The fourth-order valence-electron chi connectivity index (χ4n) is 1.48. The van der Waals surface area contributed by atoms with Gasteiger partial charge in [0.15, 0.2) is 0 Å². The Morgan fingerprint density at radius 3 is 2.21 bits per heavy atom. The summed E-state index contributed by atoms with van der Waals surface area (Å²) in [6.07, 6.45) is 2.07. The maximum atomic E-state index is 11.9. The molecule has 0 saturated heterocycles. The molecule has 1 rings (SSSR count). The van der Waals surface area contributed by atoms with Gasteiger partial charge in [0.25, 0.3) is 0 Å². The summed E-state index contributed by atoms with van der Waals surface area (Å²) in [4.78, 5) is 0.296. The Morgan fingerprint density at radius 1 is 1.16 bits per heavy atom. The molecule has 19 heavy (non-hydrogen) atoms. The number of rotatable bonds is 7. The third-order valence-electron chi connectivity index (χ3n) is 2.55. The van der Waals surface area contributed by atoms with E-state index in [0.717, 1.165) is 12.2 Å². The second-order valence-corrected chi connectivity index (χ2v) is 7.72. The minimum atomic E-state index is -3.39. The van der Waals surface area contributed by atoms with Crippen molar-refractivity contribution in [3.05, 3.63) is 24.3 Å². The SMILES string of the molecule is CSC(C)CNc1ccc(S(=O)(=O)NC(C)C)cc1. The molecule has 0 bridgehead atoms. The quantitative estimate of drug-likeness (QED) is 0.812. The number of anilines is 1. The van der Waals surface area contributed by atoms with Crippen LogP contribution in [-0.2, 0) is 10.0 Å². The van der Waals surface area contributed by atoms with Gasteiger partial charge in [0, 0.05) is 23.5 Å². The number of hydrogen-bond donors (Lipinski definition) is 2. The molecule has 0 aliphatic rings. The van der Waals surface area contributed by atoms with E-state index in [0.29, 0.717) is 10.1 Å². The summed E-state index contributed by atoms with van der Waals surface area (Å²) in [6.45, 7) is 6.61. The van der Waals surface area contributed by atoms with E-state index in [4.69, 9.17) is 0 Å². The standard InChI is InChI=1S/C13H22N2O2S2/c1-10(2)15-19(16,17)13-7-5-12(6-8-13)14-9-11(3)18-4/h5-8,10-11,14-15H,9H2,1-4H3. The summed E-state index contributed by atoms with van der Waals surface area (Å²) in [6, 6.07) is 6.72. The molecule has 0 spiro atoms. The summed E-state index contributed by atoms with van der Waals surface area (Å²) < 4.78 is 26.4. The van der Waals surface area contributed by atoms with E-state index >= 15 is 0 Å². The monoisotopic (exact) mass is 302 g/mol. The van der Waals surface area contributed by atoms with E-state index in [2.05, 4.69) is 23.2 Å². The molecule has 4 nitrogen and oxygen atoms in total. The van der Waals surface area contributed by atoms with Crippen LogP contribution in [0.3, 0.4) is 0 Å². The molecule has 1 unspecified atom stereocenters. The van der Waals surface area contributed by atoms with Gasteiger partial charge in [-0.2, -0.15) is 11.8 Å². The molecule has 1 atom stereocenters. The van der Waals surface area contributed by atoms with Gasteiger partial charge in [-0.3, -0.25) is 0 Å². The van der Waals surface area contributed by atoms with Crippen molar-refractivity contribution < 1.29 is 8.42 Å². The highest BCUT2D eigenvalue weighted by molar-refractivity contribution is 7.99. The maximum absolute atomic E-state index is 11.9. The zero-order chi connectivity index (χ0) is 14.5. The van der Waals surface area contributed by atoms with E-state index in [1.54, 1.807) is 49.9 Å². The van der Waals surface area contributed by atoms with Gasteiger partial charge in [-0.05, 0) is 44.4 Å². The summed E-state index contributed by atoms with van der Waals surface area (Å²) in [5, 5.41) is 3.80. The normalized spacial score (nSPS) is 13.5. The van der Waals surface area contributed by atoms with E-state index in [-0.39, 0.29) is 6.04 Å². The molecular formula is C13H22N2O2S2. The second kappa shape index (κ2) is 7.17. The molecule has 0 fully saturated rings. The lowest BCUT2D eigenvalue weighted by Crippen LogP contribution is -2.30. The van der Waals surface area contributed by atoms with Crippen LogP contribution in [0.15, 0.2) is 29.2 Å². The van der Waals surface area contributed by atoms with E-state index in [1.165, 1.54) is 0 Å². The van der Waals surface area contributed by atoms with Crippen molar-refractivity contribution in [1.82, 2.24) is 4.72 Å². The average Bonchev–Trinajstić information content (AvgIpc) is 2.35. The molecule has 0 heterocycles. The van der Waals surface area contributed by atoms with Crippen LogP contribution in [0, 0.1) is 0 Å². The van der Waals surface area contributed by atoms with Gasteiger partial charge < -0.3 is 5.32 Å². The first kappa shape index (κ1) is 16.3. The van der Waals surface area contributed by atoms with Crippen LogP contribution in [0.4, 0.5) is 5.69 Å². The first-order valence-corrected chi connectivity index (χ1v) is 9.01. The molecule has 1 aromatic rings. The van der Waals surface area contributed by atoms with Gasteiger partial charge in [-0.15, -0.1) is 0 Å². The van der Waals surface area contributed by atoms with E-state index in [9.17, 15) is 8.42 Å². The highest BCUT2D eigenvalue weighted by Gasteiger charge is 2.14. The molecule has 2 N–H and O–H groups in total. The molecular weight excluding hydrogens is 280 g/mol. The minimum Gasteiger partial charge on any atom is -0.384 e. The Kier molecular flexibility index (Phi) is 6.16. The van der Waals surface area contributed by atoms with Crippen LogP contribution in [-0.4, -0.2) is 32.5 Å². The molecule has 0 radical (unpaired) electrons. The van der Waals surface area contributed by atoms with Crippen molar-refractivity contribution >= 4 is 27.5 Å². The zero-order valence-corrected chi connectivity index (χ0v) is 13.4. The van der Waals surface area contributed by atoms with Gasteiger partial charge in [-0.1, -0.05) is 6.92 Å². The molecule has 0 amide bonds. The highest BCUT2D eigenvalue weighted by atomic mass is 32.2. The van der Waals surface area contributed by atoms with Crippen molar-refractivity contribution in [2.45, 2.75) is 37.0 Å². The Hall–Kier alpha value is -0.720. The zero-order valence-electron chi connectivity index (χ0n) is 11.8. The first-order chi connectivity index (χ1) is 8.85. The molecule has 0 aliphatic heterocycles. The number of thioether (sulfide) groups is 1. The number of sulfonamides is 1. The molecule has 0 aromatic heterocycles. The predicted octanol–water partition coefficient (Wildman–Crippen LogP) is 2.54. The Balaban J connectivity index is 2.71. The Bertz CT molecular complexity index is 484. The van der Waals surface area contributed by atoms with Crippen LogP contribution in [0.2, 0.25) is 0 Å². The summed E-state index contributed by atoms with van der Waals surface area (Å²) in [5.74, 6) is 0. The molecule has 6 heteroatoms. The molecule has 1 aromatic carbocycles. The van der Waals surface area contributed by atoms with Gasteiger partial charge >= 0.3 is 0 Å². The first-order valence-electron chi connectivity index (χ1n) is 6.24. The van der Waals surface area contributed by atoms with Gasteiger partial charge in [-0.25, -0.2) is 13.1 Å². The molecule has 0 saturated carbocycles. The molecule has 108 valence electrons. The van der Waals surface area contributed by atoms with Crippen molar-refractivity contribution in [3.8, 4) is 0 Å². The van der Waals surface area contributed by atoms with E-state index in [1.807, 2.05) is 0 Å². The van der Waals surface area contributed by atoms with Gasteiger partial charge in [0.2, 0.25) is 10.0 Å². The van der Waals surface area contributed by atoms with Crippen LogP contribution in [0.5, 0.6) is 0 Å². The lowest BCUT2D eigenvalue weighted by Gasteiger charge is -2.12. The average molecular weight is 302 g/mol. The van der Waals surface area contributed by atoms with Gasteiger partial charge in [0.05, 0.1) is 4.90 Å². The van der Waals surface area contributed by atoms with Crippen molar-refractivity contribution in [3.63, 3.8) is 0 Å². The third-order valence-corrected chi connectivity index (χ3v) is 5.20. The van der Waals surface area contributed by atoms with Crippen LogP contribution < -0.4 is 10.0 Å². The Labute approximate surface area is 120 Å². The van der Waals surface area contributed by atoms with Gasteiger partial charge in [0.1, 0.15) is 0 Å². The minimum absolute atomic E-state index is 0.106. The topological polar surface area (TPSA) is 58.2 Å². The largest absolute Gasteiger partial charge is 0.384 e. The van der Waals surface area contributed by atoms with Crippen molar-refractivity contribution in [2.24, 2.45) is 0 Å². The molecule has 0 aliphatic carbocycles. The smallest absolute Gasteiger partial charge is 0.240 e. The predicted molar refractivity (Wildman–Crippen MR) is 83.4 cm³/mol. The van der Waals surface area contributed by atoms with Crippen LogP contribution in [0.25, 0.3) is 0 Å². The number of nitrogens with one attached hydrogen (secondary N) is 2. The van der Waals surface area contributed by atoms with Crippen LogP contribution in [0.1, 0.15) is 20.8 Å². The van der Waals surface area contributed by atoms with Crippen LogP contribution >= 0.6 is 11.8 Å². The third kappa shape index (κ3) is 5.42. The summed E-state index contributed by atoms with van der Waals surface area (Å²) >= 11 is 1.79. The lowest BCUT2D eigenvalue weighted by molar-refractivity contribution is 0.570. The fourth-order valence-corrected chi connectivity index (χ4v) is 2.98. The summed E-state index contributed by atoms with van der Waals surface area (Å²) in [5.41, 5.74) is 0.935. The number of benzene rings is 1. The van der Waals surface area contributed by atoms with E-state index < -0.39 is 10.0 Å². The highest BCUT2D eigenvalue weighted by Crippen LogP contribution is 2.15. The summed E-state index contributed by atoms with van der Waals surface area (Å²) in [7, 11) is -3.39. The second-order valence-electron chi connectivity index (χ2n) is 4.73. The van der Waals surface area contributed by atoms with Crippen molar-refractivity contribution in [2.75, 3.05) is 18.1 Å². The fraction of sp³-hybridized carbons (Fsp3) is 0.538.